The lowest BCUT2D eigenvalue weighted by Gasteiger charge is -2.11. The fourth-order valence-corrected chi connectivity index (χ4v) is 0.690. The normalized spacial score (nSPS) is 14.5. The largest absolute Gasteiger partial charge is 0.378 e. The highest BCUT2D eigenvalue weighted by atomic mass is 16.3. The van der Waals surface area contributed by atoms with E-state index in [0.29, 0.717) is 12.1 Å². The molecule has 0 saturated heterocycles. The first kappa shape index (κ1) is 9.75. The minimum Gasteiger partial charge on any atom is -0.378 e. The zero-order valence-electron chi connectivity index (χ0n) is 8.07. The number of aromatic nitrogens is 3. The maximum absolute atomic E-state index is 9.59. The Bertz CT molecular complexity index is 343. The molecule has 1 heterocycles. The molecule has 1 aromatic rings. The van der Waals surface area contributed by atoms with Gasteiger partial charge in [-0.25, -0.2) is 4.68 Å². The number of hydrogen-bond donors (Lipinski definition) is 1. The molecule has 0 amide bonds. The van der Waals surface area contributed by atoms with Gasteiger partial charge in [0.15, 0.2) is 0 Å². The minimum absolute atomic E-state index is 0.602. The standard InChI is InChI=1S/C9H13N3O/c1-4-9(2,13)6-5-8-7-10-11-12(8)3/h7,13H,4H2,1-3H3. The molecule has 0 saturated carbocycles. The van der Waals surface area contributed by atoms with Crippen LogP contribution in [0.5, 0.6) is 0 Å². The van der Waals surface area contributed by atoms with Crippen molar-refractivity contribution in [2.75, 3.05) is 0 Å². The molecule has 1 aromatic heterocycles. The van der Waals surface area contributed by atoms with Crippen LogP contribution in [0.1, 0.15) is 26.0 Å². The van der Waals surface area contributed by atoms with E-state index in [1.54, 1.807) is 24.9 Å². The number of nitrogens with zero attached hydrogens (tertiary/aromatic N) is 3. The molecule has 4 nitrogen and oxygen atoms in total. The van der Waals surface area contributed by atoms with Crippen LogP contribution in [-0.4, -0.2) is 25.7 Å². The number of hydrogen-bond acceptors (Lipinski definition) is 3. The molecule has 70 valence electrons. The van der Waals surface area contributed by atoms with Crippen molar-refractivity contribution in [3.8, 4) is 11.8 Å². The molecule has 1 N–H and O–H groups in total. The second kappa shape index (κ2) is 3.58. The van der Waals surface area contributed by atoms with Crippen LogP contribution in [0, 0.1) is 11.8 Å². The van der Waals surface area contributed by atoms with E-state index in [-0.39, 0.29) is 0 Å². The van der Waals surface area contributed by atoms with Crippen molar-refractivity contribution in [2.45, 2.75) is 25.9 Å². The van der Waals surface area contributed by atoms with Gasteiger partial charge in [0, 0.05) is 7.05 Å². The Kier molecular flexibility index (Phi) is 2.69. The number of aliphatic hydroxyl groups is 1. The first-order valence-electron chi connectivity index (χ1n) is 4.15. The van der Waals surface area contributed by atoms with Crippen molar-refractivity contribution in [3.05, 3.63) is 11.9 Å². The summed E-state index contributed by atoms with van der Waals surface area (Å²) < 4.78 is 1.57. The Balaban J connectivity index is 2.84. The van der Waals surface area contributed by atoms with Crippen molar-refractivity contribution in [2.24, 2.45) is 7.05 Å². The van der Waals surface area contributed by atoms with E-state index in [1.807, 2.05) is 6.92 Å². The quantitative estimate of drug-likeness (QED) is 0.632. The molecule has 4 heteroatoms. The van der Waals surface area contributed by atoms with Gasteiger partial charge in [0.1, 0.15) is 11.3 Å². The third kappa shape index (κ3) is 2.56. The predicted octanol–water partition coefficient (Wildman–Crippen LogP) is 0.328. The van der Waals surface area contributed by atoms with E-state index in [4.69, 9.17) is 0 Å². The predicted molar refractivity (Wildman–Crippen MR) is 48.8 cm³/mol. The molecule has 0 radical (unpaired) electrons. The van der Waals surface area contributed by atoms with Crippen molar-refractivity contribution < 1.29 is 5.11 Å². The van der Waals surface area contributed by atoms with Gasteiger partial charge in [0.25, 0.3) is 0 Å². The first-order valence-corrected chi connectivity index (χ1v) is 4.15. The van der Waals surface area contributed by atoms with Crippen LogP contribution in [0.15, 0.2) is 6.20 Å². The highest BCUT2D eigenvalue weighted by Crippen LogP contribution is 2.05. The molecule has 1 atom stereocenters. The highest BCUT2D eigenvalue weighted by molar-refractivity contribution is 5.28. The van der Waals surface area contributed by atoms with Crippen molar-refractivity contribution in [1.29, 1.82) is 0 Å². The average molecular weight is 179 g/mol. The highest BCUT2D eigenvalue weighted by Gasteiger charge is 2.12. The van der Waals surface area contributed by atoms with Gasteiger partial charge in [-0.1, -0.05) is 18.1 Å². The van der Waals surface area contributed by atoms with E-state index < -0.39 is 5.60 Å². The van der Waals surface area contributed by atoms with E-state index in [1.165, 1.54) is 0 Å². The summed E-state index contributed by atoms with van der Waals surface area (Å²) in [6, 6.07) is 0. The van der Waals surface area contributed by atoms with Crippen LogP contribution < -0.4 is 0 Å². The van der Waals surface area contributed by atoms with Gasteiger partial charge in [-0.15, -0.1) is 5.10 Å². The van der Waals surface area contributed by atoms with Crippen LogP contribution in [0.2, 0.25) is 0 Å². The second-order valence-electron chi connectivity index (χ2n) is 3.12. The molecule has 0 aliphatic rings. The summed E-state index contributed by atoms with van der Waals surface area (Å²) in [4.78, 5) is 0. The molecule has 13 heavy (non-hydrogen) atoms. The zero-order chi connectivity index (χ0) is 9.90. The minimum atomic E-state index is -0.926. The number of rotatable bonds is 1. The van der Waals surface area contributed by atoms with Crippen LogP contribution >= 0.6 is 0 Å². The van der Waals surface area contributed by atoms with E-state index in [9.17, 15) is 5.11 Å². The van der Waals surface area contributed by atoms with Gasteiger partial charge in [0.2, 0.25) is 0 Å². The van der Waals surface area contributed by atoms with Crippen LogP contribution in [0.25, 0.3) is 0 Å². The average Bonchev–Trinajstić information content (AvgIpc) is 2.48. The van der Waals surface area contributed by atoms with Crippen molar-refractivity contribution >= 4 is 0 Å². The van der Waals surface area contributed by atoms with Gasteiger partial charge in [0.05, 0.1) is 6.20 Å². The Morgan fingerprint density at radius 3 is 2.85 bits per heavy atom. The smallest absolute Gasteiger partial charge is 0.131 e. The van der Waals surface area contributed by atoms with E-state index >= 15 is 0 Å². The van der Waals surface area contributed by atoms with Crippen LogP contribution in [0.4, 0.5) is 0 Å². The number of aryl methyl sites for hydroxylation is 1. The third-order valence-electron chi connectivity index (χ3n) is 1.86. The second-order valence-corrected chi connectivity index (χ2v) is 3.12. The van der Waals surface area contributed by atoms with E-state index in [2.05, 4.69) is 22.2 Å². The lowest BCUT2D eigenvalue weighted by Crippen LogP contribution is -2.19. The molecule has 1 unspecified atom stereocenters. The van der Waals surface area contributed by atoms with E-state index in [0.717, 1.165) is 0 Å². The van der Waals surface area contributed by atoms with Crippen LogP contribution in [-0.2, 0) is 7.05 Å². The lowest BCUT2D eigenvalue weighted by molar-refractivity contribution is 0.118. The lowest BCUT2D eigenvalue weighted by atomic mass is 10.1. The summed E-state index contributed by atoms with van der Waals surface area (Å²) in [7, 11) is 1.76. The summed E-state index contributed by atoms with van der Waals surface area (Å²) in [5, 5.41) is 17.0. The Morgan fingerprint density at radius 1 is 1.69 bits per heavy atom. The summed E-state index contributed by atoms with van der Waals surface area (Å²) in [6.45, 7) is 3.57. The SMILES string of the molecule is CCC(C)(O)C#Cc1cnnn1C. The van der Waals surface area contributed by atoms with Gasteiger partial charge >= 0.3 is 0 Å². The Morgan fingerprint density at radius 2 is 2.38 bits per heavy atom. The molecule has 0 bridgehead atoms. The molecule has 0 fully saturated rings. The first-order chi connectivity index (χ1) is 6.05. The fourth-order valence-electron chi connectivity index (χ4n) is 0.690. The molecule has 0 aromatic carbocycles. The molecular weight excluding hydrogens is 166 g/mol. The monoisotopic (exact) mass is 179 g/mol. The molecule has 0 aliphatic heterocycles. The zero-order valence-corrected chi connectivity index (χ0v) is 8.07. The van der Waals surface area contributed by atoms with Gasteiger partial charge in [-0.05, 0) is 19.3 Å². The summed E-state index contributed by atoms with van der Waals surface area (Å²) >= 11 is 0. The summed E-state index contributed by atoms with van der Waals surface area (Å²) in [5.41, 5.74) is -0.224. The maximum Gasteiger partial charge on any atom is 0.131 e. The van der Waals surface area contributed by atoms with Gasteiger partial charge < -0.3 is 5.11 Å². The topological polar surface area (TPSA) is 50.9 Å². The van der Waals surface area contributed by atoms with Crippen LogP contribution in [0.3, 0.4) is 0 Å². The Hall–Kier alpha value is -1.34. The van der Waals surface area contributed by atoms with Gasteiger partial charge in [-0.3, -0.25) is 0 Å². The maximum atomic E-state index is 9.59. The van der Waals surface area contributed by atoms with Crippen molar-refractivity contribution in [3.63, 3.8) is 0 Å². The molecule has 0 spiro atoms. The van der Waals surface area contributed by atoms with Gasteiger partial charge in [-0.2, -0.15) is 0 Å². The summed E-state index contributed by atoms with van der Waals surface area (Å²) in [5.74, 6) is 5.58. The van der Waals surface area contributed by atoms with Crippen molar-refractivity contribution in [1.82, 2.24) is 15.0 Å². The molecule has 0 aliphatic carbocycles. The fraction of sp³-hybridized carbons (Fsp3) is 0.556. The third-order valence-corrected chi connectivity index (χ3v) is 1.86. The Labute approximate surface area is 77.6 Å². The summed E-state index contributed by atoms with van der Waals surface area (Å²) in [6.07, 6.45) is 2.17. The molecular formula is C9H13N3O. The molecule has 1 rings (SSSR count).